The van der Waals surface area contributed by atoms with E-state index in [0.717, 1.165) is 0 Å². The first-order valence-electron chi connectivity index (χ1n) is 8.95. The van der Waals surface area contributed by atoms with Crippen LogP contribution in [0.5, 0.6) is 0 Å². The molecule has 1 aromatic heterocycles. The summed E-state index contributed by atoms with van der Waals surface area (Å²) in [5, 5.41) is 0.0746. The largest absolute Gasteiger partial charge is 0.444 e. The molecule has 1 unspecified atom stereocenters. The summed E-state index contributed by atoms with van der Waals surface area (Å²) in [5.74, 6) is 0. The van der Waals surface area contributed by atoms with Gasteiger partial charge >= 0.3 is 6.09 Å². The lowest BCUT2D eigenvalue weighted by Crippen LogP contribution is -2.45. The van der Waals surface area contributed by atoms with Gasteiger partial charge in [0, 0.05) is 18.9 Å². The maximum absolute atomic E-state index is 12.6. The monoisotopic (exact) mass is 381 g/mol. The Hall–Kier alpha value is -1.60. The van der Waals surface area contributed by atoms with Gasteiger partial charge in [-0.25, -0.2) is 4.79 Å². The van der Waals surface area contributed by atoms with Crippen LogP contribution in [0.3, 0.4) is 0 Å². The van der Waals surface area contributed by atoms with Gasteiger partial charge in [0.25, 0.3) is 0 Å². The molecule has 0 aromatic carbocycles. The molecule has 0 radical (unpaired) electrons. The fraction of sp³-hybridized carbons (Fsp3) is 0.684. The molecule has 0 spiro atoms. The number of hydrogen-bond acceptors (Lipinski definition) is 5. The molecule has 1 amide bonds. The first-order valence-corrected chi connectivity index (χ1v) is 11.9. The van der Waals surface area contributed by atoms with Gasteiger partial charge in [-0.3, -0.25) is 4.98 Å². The topological polar surface area (TPSA) is 77.7 Å². The van der Waals surface area contributed by atoms with Crippen LogP contribution in [0.4, 0.5) is 10.5 Å². The Morgan fingerprint density at radius 3 is 2.31 bits per heavy atom. The molecule has 148 valence electrons. The van der Waals surface area contributed by atoms with Crippen LogP contribution in [0.25, 0.3) is 0 Å². The molecule has 0 saturated carbocycles. The molecule has 0 aliphatic carbocycles. The number of carbonyl (C=O) groups is 1. The number of amides is 1. The van der Waals surface area contributed by atoms with Crippen molar-refractivity contribution in [3.05, 3.63) is 24.0 Å². The van der Waals surface area contributed by atoms with Gasteiger partial charge in [-0.2, -0.15) is 0 Å². The molecule has 1 aromatic rings. The molecule has 26 heavy (non-hydrogen) atoms. The Morgan fingerprint density at radius 1 is 1.27 bits per heavy atom. The number of likely N-dealkylation sites (N-methyl/N-ethyl adjacent to an activating group) is 1. The van der Waals surface area contributed by atoms with Crippen LogP contribution < -0.4 is 5.73 Å². The van der Waals surface area contributed by atoms with E-state index in [2.05, 4.69) is 38.8 Å². The fourth-order valence-electron chi connectivity index (χ4n) is 2.01. The van der Waals surface area contributed by atoms with Gasteiger partial charge in [0.2, 0.25) is 0 Å². The van der Waals surface area contributed by atoms with Crippen LogP contribution in [-0.2, 0) is 9.16 Å². The number of rotatable bonds is 5. The van der Waals surface area contributed by atoms with Crippen molar-refractivity contribution < 1.29 is 14.0 Å². The molecular weight excluding hydrogens is 346 g/mol. The van der Waals surface area contributed by atoms with Gasteiger partial charge in [-0.15, -0.1) is 0 Å². The number of anilines is 1. The number of nitrogens with zero attached hydrogens (tertiary/aromatic N) is 2. The minimum atomic E-state index is -1.98. The Bertz CT molecular complexity index is 621. The Labute approximate surface area is 159 Å². The van der Waals surface area contributed by atoms with Crippen molar-refractivity contribution in [1.82, 2.24) is 9.88 Å². The Kier molecular flexibility index (Phi) is 6.87. The van der Waals surface area contributed by atoms with Crippen LogP contribution in [-0.4, -0.2) is 43.6 Å². The minimum Gasteiger partial charge on any atom is -0.444 e. The zero-order valence-electron chi connectivity index (χ0n) is 17.7. The number of hydrogen-bond donors (Lipinski definition) is 1. The second-order valence-electron chi connectivity index (χ2n) is 9.19. The molecule has 2 N–H and O–H groups in total. The summed E-state index contributed by atoms with van der Waals surface area (Å²) in [6.07, 6.45) is 1.23. The van der Waals surface area contributed by atoms with E-state index < -0.39 is 20.0 Å². The molecule has 0 saturated heterocycles. The predicted molar refractivity (Wildman–Crippen MR) is 109 cm³/mol. The van der Waals surface area contributed by atoms with Crippen molar-refractivity contribution in [1.29, 1.82) is 0 Å². The van der Waals surface area contributed by atoms with E-state index >= 15 is 0 Å². The highest BCUT2D eigenvalue weighted by atomic mass is 28.4. The molecular formula is C19H35N3O3Si. The second-order valence-corrected chi connectivity index (χ2v) is 14.0. The number of nitrogens with two attached hydrogens (primary N) is 1. The van der Waals surface area contributed by atoms with Crippen molar-refractivity contribution in [2.24, 2.45) is 0 Å². The lowest BCUT2D eigenvalue weighted by atomic mass is 10.1. The highest BCUT2D eigenvalue weighted by molar-refractivity contribution is 6.74. The molecule has 0 aliphatic rings. The van der Waals surface area contributed by atoms with E-state index in [1.54, 1.807) is 30.3 Å². The number of ether oxygens (including phenoxy) is 1. The summed E-state index contributed by atoms with van der Waals surface area (Å²) in [6, 6.07) is 3.13. The fourth-order valence-corrected chi connectivity index (χ4v) is 3.02. The van der Waals surface area contributed by atoms with E-state index in [4.69, 9.17) is 14.9 Å². The van der Waals surface area contributed by atoms with Gasteiger partial charge in [-0.1, -0.05) is 20.8 Å². The number of carbonyl (C=O) groups excluding carboxylic acids is 1. The summed E-state index contributed by atoms with van der Waals surface area (Å²) in [5.41, 5.74) is 6.64. The van der Waals surface area contributed by atoms with E-state index in [-0.39, 0.29) is 11.1 Å². The molecule has 0 bridgehead atoms. The first-order chi connectivity index (χ1) is 11.6. The zero-order valence-corrected chi connectivity index (χ0v) is 18.7. The first kappa shape index (κ1) is 22.4. The van der Waals surface area contributed by atoms with E-state index in [0.29, 0.717) is 18.0 Å². The van der Waals surface area contributed by atoms with E-state index in [1.807, 2.05) is 20.8 Å². The van der Waals surface area contributed by atoms with Crippen LogP contribution in [0, 0.1) is 0 Å². The Balaban J connectivity index is 3.09. The second kappa shape index (κ2) is 7.96. The summed E-state index contributed by atoms with van der Waals surface area (Å²) in [4.78, 5) is 18.5. The van der Waals surface area contributed by atoms with Gasteiger partial charge in [0.05, 0.1) is 18.3 Å². The van der Waals surface area contributed by atoms with E-state index in [1.165, 1.54) is 0 Å². The SMILES string of the molecule is CN(C(=O)OC(C)(C)C)C(CO[Si](C)(C)C(C)(C)C)c1cc(N)ccn1. The Morgan fingerprint density at radius 2 is 1.85 bits per heavy atom. The van der Waals surface area contributed by atoms with Crippen LogP contribution in [0.2, 0.25) is 18.1 Å². The molecule has 1 atom stereocenters. The number of aromatic nitrogens is 1. The minimum absolute atomic E-state index is 0.0746. The van der Waals surface area contributed by atoms with Gasteiger partial charge in [-0.05, 0) is 51.0 Å². The molecule has 1 rings (SSSR count). The normalized spacial score (nSPS) is 14.0. The van der Waals surface area contributed by atoms with E-state index in [9.17, 15) is 4.79 Å². The standard InChI is InChI=1S/C19H35N3O3Si/c1-18(2,3)25-17(23)22(7)16(15-12-14(20)10-11-21-15)13-24-26(8,9)19(4,5)6/h10-12,16H,13H2,1-9H3,(H2,20,21). The molecule has 1 heterocycles. The summed E-state index contributed by atoms with van der Waals surface area (Å²) >= 11 is 0. The summed E-state index contributed by atoms with van der Waals surface area (Å²) in [7, 11) is -0.272. The quantitative estimate of drug-likeness (QED) is 0.755. The van der Waals surface area contributed by atoms with Gasteiger partial charge < -0.3 is 19.8 Å². The van der Waals surface area contributed by atoms with Gasteiger partial charge in [0.1, 0.15) is 5.60 Å². The third-order valence-electron chi connectivity index (χ3n) is 4.70. The zero-order chi connectivity index (χ0) is 20.3. The van der Waals surface area contributed by atoms with Crippen molar-refractivity contribution >= 4 is 20.1 Å². The van der Waals surface area contributed by atoms with Crippen LogP contribution in [0.15, 0.2) is 18.3 Å². The average molecular weight is 382 g/mol. The maximum atomic E-state index is 12.6. The third kappa shape index (κ3) is 6.28. The van der Waals surface area contributed by atoms with Crippen LogP contribution >= 0.6 is 0 Å². The highest BCUT2D eigenvalue weighted by Gasteiger charge is 2.39. The van der Waals surface area contributed by atoms with Crippen molar-refractivity contribution in [2.75, 3.05) is 19.4 Å². The summed E-state index contributed by atoms with van der Waals surface area (Å²) in [6.45, 7) is 16.8. The molecule has 7 heteroatoms. The summed E-state index contributed by atoms with van der Waals surface area (Å²) < 4.78 is 11.9. The maximum Gasteiger partial charge on any atom is 0.410 e. The molecule has 6 nitrogen and oxygen atoms in total. The highest BCUT2D eigenvalue weighted by Crippen LogP contribution is 2.37. The van der Waals surface area contributed by atoms with Crippen molar-refractivity contribution in [3.63, 3.8) is 0 Å². The molecule has 0 aliphatic heterocycles. The van der Waals surface area contributed by atoms with Crippen molar-refractivity contribution in [3.8, 4) is 0 Å². The number of nitrogen functional groups attached to an aromatic ring is 1. The molecule has 0 fully saturated rings. The van der Waals surface area contributed by atoms with Crippen LogP contribution in [0.1, 0.15) is 53.3 Å². The smallest absolute Gasteiger partial charge is 0.410 e. The number of pyridine rings is 1. The third-order valence-corrected chi connectivity index (χ3v) is 9.20. The lowest BCUT2D eigenvalue weighted by molar-refractivity contribution is 0.0161. The van der Waals surface area contributed by atoms with Gasteiger partial charge in [0.15, 0.2) is 8.32 Å². The lowest BCUT2D eigenvalue weighted by Gasteiger charge is -2.38. The predicted octanol–water partition coefficient (Wildman–Crippen LogP) is 4.59. The van der Waals surface area contributed by atoms with Crippen molar-refractivity contribution in [2.45, 2.75) is 71.3 Å². The average Bonchev–Trinajstić information content (AvgIpc) is 2.44.